The maximum Gasteiger partial charge on any atom is 0.292 e. The number of primary amides is 1. The van der Waals surface area contributed by atoms with Crippen LogP contribution < -0.4 is 11.1 Å². The molecule has 0 spiro atoms. The van der Waals surface area contributed by atoms with Crippen LogP contribution in [-0.2, 0) is 0 Å². The third kappa shape index (κ3) is 2.91. The Kier molecular flexibility index (Phi) is 3.94. The van der Waals surface area contributed by atoms with E-state index in [0.717, 1.165) is 5.01 Å². The van der Waals surface area contributed by atoms with Crippen LogP contribution in [0.25, 0.3) is 0 Å². The van der Waals surface area contributed by atoms with Crippen molar-refractivity contribution in [1.29, 1.82) is 0 Å². The second-order valence-electron chi connectivity index (χ2n) is 4.09. The molecule has 1 aromatic heterocycles. The van der Waals surface area contributed by atoms with E-state index in [1.54, 1.807) is 6.20 Å². The molecule has 0 fully saturated rings. The molecule has 2 aromatic rings. The summed E-state index contributed by atoms with van der Waals surface area (Å²) in [6.07, 6.45) is 1.66. The average molecular weight is 292 g/mol. The van der Waals surface area contributed by atoms with E-state index in [0.29, 0.717) is 0 Å². The molecule has 1 atom stereocenters. The molecule has 1 amide bonds. The highest BCUT2D eigenvalue weighted by Crippen LogP contribution is 2.29. The second kappa shape index (κ2) is 5.66. The lowest BCUT2D eigenvalue weighted by Crippen LogP contribution is -2.13. The number of thiazole rings is 1. The maximum absolute atomic E-state index is 11.2. The number of rotatable bonds is 5. The number of hydrogen-bond donors (Lipinski definition) is 2. The van der Waals surface area contributed by atoms with E-state index in [2.05, 4.69) is 10.3 Å². The number of nitro groups is 1. The molecule has 0 aliphatic rings. The van der Waals surface area contributed by atoms with Gasteiger partial charge in [-0.15, -0.1) is 11.3 Å². The quantitative estimate of drug-likeness (QED) is 0.649. The van der Waals surface area contributed by atoms with Gasteiger partial charge in [0.2, 0.25) is 5.91 Å². The van der Waals surface area contributed by atoms with Crippen LogP contribution in [0.5, 0.6) is 0 Å². The van der Waals surface area contributed by atoms with Gasteiger partial charge in [-0.25, -0.2) is 4.98 Å². The second-order valence-corrected chi connectivity index (χ2v) is 5.02. The van der Waals surface area contributed by atoms with Crippen LogP contribution in [0.4, 0.5) is 11.4 Å². The summed E-state index contributed by atoms with van der Waals surface area (Å²) in [5.74, 6) is -0.634. The molecule has 2 rings (SSSR count). The monoisotopic (exact) mass is 292 g/mol. The average Bonchev–Trinajstić information content (AvgIpc) is 2.92. The fourth-order valence-electron chi connectivity index (χ4n) is 1.71. The minimum atomic E-state index is -0.634. The SMILES string of the molecule is CC(Nc1cc(C(N)=O)ccc1[N+](=O)[O-])c1nccs1. The van der Waals surface area contributed by atoms with Gasteiger partial charge in [-0.1, -0.05) is 0 Å². The third-order valence-electron chi connectivity index (χ3n) is 2.67. The smallest absolute Gasteiger partial charge is 0.292 e. The Bertz CT molecular complexity index is 642. The van der Waals surface area contributed by atoms with Crippen molar-refractivity contribution >= 4 is 28.6 Å². The number of nitrogens with zero attached hydrogens (tertiary/aromatic N) is 2. The lowest BCUT2D eigenvalue weighted by molar-refractivity contribution is -0.384. The highest BCUT2D eigenvalue weighted by atomic mass is 32.1. The predicted octanol–water partition coefficient (Wildman–Crippen LogP) is 2.32. The molecule has 1 unspecified atom stereocenters. The largest absolute Gasteiger partial charge is 0.371 e. The van der Waals surface area contributed by atoms with Gasteiger partial charge in [-0.05, 0) is 19.1 Å². The molecule has 1 heterocycles. The normalized spacial score (nSPS) is 11.8. The number of benzene rings is 1. The number of carbonyl (C=O) groups is 1. The fraction of sp³-hybridized carbons (Fsp3) is 0.167. The van der Waals surface area contributed by atoms with E-state index in [1.807, 2.05) is 12.3 Å². The lowest BCUT2D eigenvalue weighted by atomic mass is 10.1. The van der Waals surface area contributed by atoms with Gasteiger partial charge in [-0.2, -0.15) is 0 Å². The summed E-state index contributed by atoms with van der Waals surface area (Å²) in [6, 6.07) is 3.76. The first kappa shape index (κ1) is 13.9. The zero-order valence-electron chi connectivity index (χ0n) is 10.6. The van der Waals surface area contributed by atoms with Gasteiger partial charge < -0.3 is 11.1 Å². The van der Waals surface area contributed by atoms with E-state index in [4.69, 9.17) is 5.73 Å². The standard InChI is InChI=1S/C12H12N4O3S/c1-7(12-14-4-5-20-12)15-9-6-8(11(13)17)2-3-10(9)16(18)19/h2-7,15H,1H3,(H2,13,17). The molecule has 0 aliphatic heterocycles. The van der Waals surface area contributed by atoms with Crippen molar-refractivity contribution in [2.24, 2.45) is 5.73 Å². The molecule has 0 radical (unpaired) electrons. The summed E-state index contributed by atoms with van der Waals surface area (Å²) in [5, 5.41) is 16.6. The van der Waals surface area contributed by atoms with Gasteiger partial charge in [0, 0.05) is 23.2 Å². The summed E-state index contributed by atoms with van der Waals surface area (Å²) in [5.41, 5.74) is 5.53. The van der Waals surface area contributed by atoms with Gasteiger partial charge in [-0.3, -0.25) is 14.9 Å². The van der Waals surface area contributed by atoms with Crippen molar-refractivity contribution in [2.75, 3.05) is 5.32 Å². The van der Waals surface area contributed by atoms with Gasteiger partial charge >= 0.3 is 0 Å². The summed E-state index contributed by atoms with van der Waals surface area (Å²) in [7, 11) is 0. The Hall–Kier alpha value is -2.48. The molecule has 1 aromatic carbocycles. The van der Waals surface area contributed by atoms with E-state index in [1.165, 1.54) is 29.5 Å². The van der Waals surface area contributed by atoms with Crippen LogP contribution in [0, 0.1) is 10.1 Å². The molecule has 0 saturated carbocycles. The molecular weight excluding hydrogens is 280 g/mol. The number of nitrogens with one attached hydrogen (secondary N) is 1. The number of hydrogen-bond acceptors (Lipinski definition) is 6. The first-order valence-electron chi connectivity index (χ1n) is 5.73. The minimum Gasteiger partial charge on any atom is -0.371 e. The van der Waals surface area contributed by atoms with Crippen LogP contribution in [-0.4, -0.2) is 15.8 Å². The van der Waals surface area contributed by atoms with E-state index < -0.39 is 10.8 Å². The van der Waals surface area contributed by atoms with Crippen molar-refractivity contribution in [3.05, 3.63) is 50.5 Å². The van der Waals surface area contributed by atoms with E-state index in [-0.39, 0.29) is 23.0 Å². The summed E-state index contributed by atoms with van der Waals surface area (Å²) in [6.45, 7) is 1.83. The first-order valence-corrected chi connectivity index (χ1v) is 6.61. The molecule has 104 valence electrons. The third-order valence-corrected chi connectivity index (χ3v) is 3.63. The summed E-state index contributed by atoms with van der Waals surface area (Å²) < 4.78 is 0. The predicted molar refractivity (Wildman–Crippen MR) is 75.8 cm³/mol. The molecule has 0 bridgehead atoms. The van der Waals surface area contributed by atoms with Crippen molar-refractivity contribution in [1.82, 2.24) is 4.98 Å². The van der Waals surface area contributed by atoms with Crippen LogP contribution in [0.2, 0.25) is 0 Å². The van der Waals surface area contributed by atoms with Gasteiger partial charge in [0.1, 0.15) is 10.7 Å². The van der Waals surface area contributed by atoms with Crippen molar-refractivity contribution < 1.29 is 9.72 Å². The van der Waals surface area contributed by atoms with E-state index in [9.17, 15) is 14.9 Å². The Morgan fingerprint density at radius 2 is 2.30 bits per heavy atom. The number of carbonyl (C=O) groups excluding carboxylic acids is 1. The molecule has 0 saturated heterocycles. The Labute approximate surface area is 118 Å². The van der Waals surface area contributed by atoms with Crippen LogP contribution in [0.1, 0.15) is 28.3 Å². The van der Waals surface area contributed by atoms with Crippen molar-refractivity contribution in [3.63, 3.8) is 0 Å². The highest BCUT2D eigenvalue weighted by molar-refractivity contribution is 7.09. The van der Waals surface area contributed by atoms with E-state index >= 15 is 0 Å². The Morgan fingerprint density at radius 3 is 2.85 bits per heavy atom. The Balaban J connectivity index is 2.35. The molecule has 20 heavy (non-hydrogen) atoms. The van der Waals surface area contributed by atoms with Crippen LogP contribution >= 0.6 is 11.3 Å². The molecule has 3 N–H and O–H groups in total. The zero-order chi connectivity index (χ0) is 14.7. The lowest BCUT2D eigenvalue weighted by Gasteiger charge is -2.13. The molecule has 7 nitrogen and oxygen atoms in total. The van der Waals surface area contributed by atoms with Gasteiger partial charge in [0.25, 0.3) is 5.69 Å². The van der Waals surface area contributed by atoms with Crippen molar-refractivity contribution in [3.8, 4) is 0 Å². The fourth-order valence-corrected chi connectivity index (χ4v) is 2.35. The number of amides is 1. The van der Waals surface area contributed by atoms with Crippen LogP contribution in [0.15, 0.2) is 29.8 Å². The number of aromatic nitrogens is 1. The molecule has 0 aliphatic carbocycles. The number of nitro benzene ring substituents is 1. The Morgan fingerprint density at radius 1 is 1.55 bits per heavy atom. The van der Waals surface area contributed by atoms with Crippen LogP contribution in [0.3, 0.4) is 0 Å². The number of anilines is 1. The van der Waals surface area contributed by atoms with Crippen molar-refractivity contribution in [2.45, 2.75) is 13.0 Å². The molecular formula is C12H12N4O3S. The topological polar surface area (TPSA) is 111 Å². The van der Waals surface area contributed by atoms with Gasteiger partial charge in [0.05, 0.1) is 11.0 Å². The first-order chi connectivity index (χ1) is 9.49. The highest BCUT2D eigenvalue weighted by Gasteiger charge is 2.18. The minimum absolute atomic E-state index is 0.113. The maximum atomic E-state index is 11.2. The number of nitrogens with two attached hydrogens (primary N) is 1. The summed E-state index contributed by atoms with van der Waals surface area (Å²) >= 11 is 1.44. The van der Waals surface area contributed by atoms with Gasteiger partial charge in [0.15, 0.2) is 0 Å². The summed E-state index contributed by atoms with van der Waals surface area (Å²) in [4.78, 5) is 25.8. The zero-order valence-corrected chi connectivity index (χ0v) is 11.4. The molecule has 8 heteroatoms.